The van der Waals surface area contributed by atoms with E-state index in [1.807, 2.05) is 146 Å². The molecule has 3 aliphatic rings. The number of hydrogen-bond acceptors (Lipinski definition) is 7. The van der Waals surface area contributed by atoms with Gasteiger partial charge >= 0.3 is 0 Å². The molecule has 0 spiro atoms. The molecule has 0 radical (unpaired) electrons. The summed E-state index contributed by atoms with van der Waals surface area (Å²) >= 11 is 0. The quantitative estimate of drug-likeness (QED) is 0.189. The minimum atomic E-state index is 0.497. The first-order valence-electron chi connectivity index (χ1n) is 16.3. The zero-order valence-electron chi connectivity index (χ0n) is 26.5. The van der Waals surface area contributed by atoms with Crippen LogP contribution in [0.3, 0.4) is 0 Å². The maximum Gasteiger partial charge on any atom is 0.151 e. The lowest BCUT2D eigenvalue weighted by Gasteiger charge is -2.42. The first-order valence-corrected chi connectivity index (χ1v) is 16.3. The molecule has 0 atom stereocenters. The van der Waals surface area contributed by atoms with Gasteiger partial charge in [0.05, 0.1) is 62.8 Å². The number of ether oxygens (including phenoxy) is 3. The minimum Gasteiger partial charge on any atom is -0.453 e. The number of para-hydroxylation sites is 12. The summed E-state index contributed by atoms with van der Waals surface area (Å²) in [6.45, 7) is 0. The van der Waals surface area contributed by atoms with Crippen LogP contribution >= 0.6 is 0 Å². The van der Waals surface area contributed by atoms with Gasteiger partial charge in [-0.1, -0.05) is 72.8 Å². The van der Waals surface area contributed by atoms with Gasteiger partial charge in [-0.2, -0.15) is 5.26 Å². The summed E-state index contributed by atoms with van der Waals surface area (Å²) in [4.78, 5) is 6.65. The number of hydrogen-bond donors (Lipinski definition) is 0. The Morgan fingerprint density at radius 2 is 0.600 bits per heavy atom. The van der Waals surface area contributed by atoms with Crippen LogP contribution in [0.15, 0.2) is 158 Å². The molecule has 50 heavy (non-hydrogen) atoms. The monoisotopic (exact) mass is 646 g/mol. The molecule has 7 aromatic rings. The van der Waals surface area contributed by atoms with Crippen LogP contribution in [0.25, 0.3) is 0 Å². The number of benzene rings is 7. The van der Waals surface area contributed by atoms with Crippen molar-refractivity contribution in [2.75, 3.05) is 14.7 Å². The van der Waals surface area contributed by atoms with Gasteiger partial charge in [-0.3, -0.25) is 4.90 Å². The van der Waals surface area contributed by atoms with Gasteiger partial charge in [-0.25, -0.2) is 0 Å². The molecule has 7 heteroatoms. The van der Waals surface area contributed by atoms with E-state index in [1.54, 1.807) is 0 Å². The zero-order chi connectivity index (χ0) is 33.2. The highest BCUT2D eigenvalue weighted by molar-refractivity contribution is 6.05. The van der Waals surface area contributed by atoms with Crippen LogP contribution in [0, 0.1) is 11.3 Å². The van der Waals surface area contributed by atoms with E-state index in [-0.39, 0.29) is 0 Å². The zero-order valence-corrected chi connectivity index (χ0v) is 26.5. The average molecular weight is 647 g/mol. The van der Waals surface area contributed by atoms with E-state index >= 15 is 0 Å². The second-order valence-corrected chi connectivity index (χ2v) is 12.1. The van der Waals surface area contributed by atoms with Gasteiger partial charge in [0, 0.05) is 0 Å². The van der Waals surface area contributed by atoms with Crippen LogP contribution in [-0.4, -0.2) is 0 Å². The van der Waals surface area contributed by atoms with E-state index in [9.17, 15) is 5.26 Å². The fraction of sp³-hybridized carbons (Fsp3) is 0. The van der Waals surface area contributed by atoms with Crippen molar-refractivity contribution in [2.24, 2.45) is 0 Å². The van der Waals surface area contributed by atoms with Gasteiger partial charge in [0.2, 0.25) is 0 Å². The topological polar surface area (TPSA) is 61.2 Å². The number of nitrogens with zero attached hydrogens (tertiary/aromatic N) is 4. The maximum absolute atomic E-state index is 10.7. The van der Waals surface area contributed by atoms with Gasteiger partial charge in [0.1, 0.15) is 0 Å². The average Bonchev–Trinajstić information content (AvgIpc) is 3.17. The number of fused-ring (bicyclic) bond motifs is 6. The molecule has 7 nitrogen and oxygen atoms in total. The van der Waals surface area contributed by atoms with E-state index in [0.29, 0.717) is 28.6 Å². The number of anilines is 9. The molecule has 10 rings (SSSR count). The molecule has 0 amide bonds. The Kier molecular flexibility index (Phi) is 6.11. The third kappa shape index (κ3) is 4.16. The minimum absolute atomic E-state index is 0.497. The summed E-state index contributed by atoms with van der Waals surface area (Å²) in [6, 6.07) is 54.5. The molecule has 0 saturated heterocycles. The van der Waals surface area contributed by atoms with Crippen molar-refractivity contribution in [3.8, 4) is 40.6 Å². The van der Waals surface area contributed by atoms with Gasteiger partial charge in [-0.05, 0) is 84.9 Å². The first kappa shape index (κ1) is 27.9. The lowest BCUT2D eigenvalue weighted by atomic mass is 10.0. The first-order chi connectivity index (χ1) is 24.8. The molecule has 0 N–H and O–H groups in total. The molecule has 0 aliphatic carbocycles. The van der Waals surface area contributed by atoms with Gasteiger partial charge in [0.15, 0.2) is 34.5 Å². The summed E-state index contributed by atoms with van der Waals surface area (Å²) in [6.07, 6.45) is 0. The molecule has 7 aromatic carbocycles. The predicted molar refractivity (Wildman–Crippen MR) is 195 cm³/mol. The van der Waals surface area contributed by atoms with Crippen molar-refractivity contribution < 1.29 is 14.2 Å². The largest absolute Gasteiger partial charge is 0.453 e. The van der Waals surface area contributed by atoms with Crippen LogP contribution in [0.4, 0.5) is 51.2 Å². The highest BCUT2D eigenvalue weighted by Crippen LogP contribution is 2.62. The molecular formula is C43H26N4O3. The van der Waals surface area contributed by atoms with Crippen molar-refractivity contribution in [3.05, 3.63) is 163 Å². The summed E-state index contributed by atoms with van der Waals surface area (Å²) in [5.74, 6) is 4.30. The van der Waals surface area contributed by atoms with Crippen molar-refractivity contribution >= 4 is 51.2 Å². The Balaban J connectivity index is 1.37. The van der Waals surface area contributed by atoms with E-state index in [2.05, 4.69) is 32.9 Å². The normalized spacial score (nSPS) is 13.1. The van der Waals surface area contributed by atoms with E-state index in [1.165, 1.54) is 0 Å². The Bertz CT molecular complexity index is 2290. The molecule has 236 valence electrons. The highest BCUT2D eigenvalue weighted by atomic mass is 16.5. The second-order valence-electron chi connectivity index (χ2n) is 12.1. The van der Waals surface area contributed by atoms with Gasteiger partial charge in [0.25, 0.3) is 0 Å². The Morgan fingerprint density at radius 1 is 0.340 bits per heavy atom. The highest BCUT2D eigenvalue weighted by Gasteiger charge is 2.37. The van der Waals surface area contributed by atoms with E-state index in [4.69, 9.17) is 14.2 Å². The van der Waals surface area contributed by atoms with Gasteiger partial charge < -0.3 is 24.0 Å². The van der Waals surface area contributed by atoms with Crippen LogP contribution in [-0.2, 0) is 0 Å². The SMILES string of the molecule is N#Cc1cc(N2c3ccccc3Oc3ccccc32)c(N2c3ccccc3Oc3ccccc32)c(N2c3ccccc3Oc3ccccc32)c1. The standard InChI is InChI=1S/C43H26N4O3/c44-27-28-25-35(45-29-13-1-7-19-37(29)48-38-20-8-2-14-30(38)45)43(47-33-17-5-11-23-41(33)50-42-24-12-6-18-34(42)47)36(26-28)46-31-15-3-9-21-39(31)49-40-22-10-4-16-32(40)46/h1-26H. The van der Waals surface area contributed by atoms with Gasteiger partial charge in [-0.15, -0.1) is 0 Å². The second kappa shape index (κ2) is 10.9. The van der Waals surface area contributed by atoms with E-state index < -0.39 is 0 Å². The molecule has 0 saturated carbocycles. The smallest absolute Gasteiger partial charge is 0.151 e. The summed E-state index contributed by atoms with van der Waals surface area (Å²) in [5, 5.41) is 10.7. The van der Waals surface area contributed by atoms with Crippen molar-refractivity contribution in [1.29, 1.82) is 5.26 Å². The maximum atomic E-state index is 10.7. The van der Waals surface area contributed by atoms with Crippen molar-refractivity contribution in [2.45, 2.75) is 0 Å². The molecule has 0 aromatic heterocycles. The van der Waals surface area contributed by atoms with Crippen molar-refractivity contribution in [1.82, 2.24) is 0 Å². The summed E-state index contributed by atoms with van der Waals surface area (Å²) in [5.41, 5.74) is 8.05. The van der Waals surface area contributed by atoms with Crippen LogP contribution in [0.5, 0.6) is 34.5 Å². The molecule has 0 bridgehead atoms. The predicted octanol–water partition coefficient (Wildman–Crippen LogP) is 12.3. The molecule has 0 fully saturated rings. The Labute approximate surface area is 288 Å². The third-order valence-electron chi connectivity index (χ3n) is 9.20. The molecule has 3 aliphatic heterocycles. The van der Waals surface area contributed by atoms with Crippen LogP contribution in [0.1, 0.15) is 5.56 Å². The Morgan fingerprint density at radius 3 is 0.880 bits per heavy atom. The molecular weight excluding hydrogens is 620 g/mol. The Hall–Kier alpha value is -7.17. The fourth-order valence-electron chi connectivity index (χ4n) is 7.11. The number of rotatable bonds is 3. The lowest BCUT2D eigenvalue weighted by Crippen LogP contribution is -2.25. The summed E-state index contributed by atoms with van der Waals surface area (Å²) in [7, 11) is 0. The fourth-order valence-corrected chi connectivity index (χ4v) is 7.11. The van der Waals surface area contributed by atoms with Crippen LogP contribution < -0.4 is 28.9 Å². The third-order valence-corrected chi connectivity index (χ3v) is 9.20. The van der Waals surface area contributed by atoms with Crippen molar-refractivity contribution in [3.63, 3.8) is 0 Å². The van der Waals surface area contributed by atoms with Crippen LogP contribution in [0.2, 0.25) is 0 Å². The molecule has 3 heterocycles. The summed E-state index contributed by atoms with van der Waals surface area (Å²) < 4.78 is 19.4. The molecule has 0 unspecified atom stereocenters. The lowest BCUT2D eigenvalue weighted by molar-refractivity contribution is 0.475. The number of nitriles is 1. The van der Waals surface area contributed by atoms with E-state index in [0.717, 1.165) is 62.7 Å².